The Balaban J connectivity index is 1.80. The molecular formula is C14H23O5P. The van der Waals surface area contributed by atoms with Crippen molar-refractivity contribution in [3.8, 4) is 0 Å². The summed E-state index contributed by atoms with van der Waals surface area (Å²) < 4.78 is 20.4. The molecule has 4 rings (SSSR count). The van der Waals surface area contributed by atoms with Crippen LogP contribution in [0.3, 0.4) is 0 Å². The Kier molecular flexibility index (Phi) is 3.74. The van der Waals surface area contributed by atoms with Gasteiger partial charge in [-0.05, 0) is 67.8 Å². The average molecular weight is 302 g/mol. The quantitative estimate of drug-likeness (QED) is 0.352. The Morgan fingerprint density at radius 3 is 2.15 bits per heavy atom. The van der Waals surface area contributed by atoms with Crippen LogP contribution in [0.4, 0.5) is 0 Å². The summed E-state index contributed by atoms with van der Waals surface area (Å²) in [7, 11) is -2.49. The van der Waals surface area contributed by atoms with Gasteiger partial charge in [-0.15, -0.1) is 0 Å². The van der Waals surface area contributed by atoms with Crippen LogP contribution in [-0.2, 0) is 14.0 Å². The number of hydrogen-bond donors (Lipinski definition) is 2. The Morgan fingerprint density at radius 2 is 1.75 bits per heavy atom. The topological polar surface area (TPSA) is 76.0 Å². The number of rotatable bonds is 5. The lowest BCUT2D eigenvalue weighted by atomic mass is 9.49. The van der Waals surface area contributed by atoms with E-state index in [2.05, 4.69) is 10.8 Å². The second-order valence-corrected chi connectivity index (χ2v) is 8.73. The number of hydrogen-bond acceptors (Lipinski definition) is 4. The summed E-state index contributed by atoms with van der Waals surface area (Å²) in [4.78, 5) is 9.40. The van der Waals surface area contributed by atoms with E-state index in [1.165, 1.54) is 45.6 Å². The van der Waals surface area contributed by atoms with Crippen LogP contribution in [0.5, 0.6) is 0 Å². The molecule has 5 nitrogen and oxygen atoms in total. The van der Waals surface area contributed by atoms with Gasteiger partial charge in [-0.2, -0.15) is 4.67 Å². The number of ether oxygens (including phenoxy) is 1. The summed E-state index contributed by atoms with van der Waals surface area (Å²) in [6, 6.07) is 0. The first kappa shape index (κ1) is 14.6. The maximum absolute atomic E-state index is 11.5. The van der Waals surface area contributed by atoms with Crippen molar-refractivity contribution in [2.24, 2.45) is 23.2 Å². The maximum atomic E-state index is 11.5. The van der Waals surface area contributed by atoms with Gasteiger partial charge in [0.05, 0.1) is 7.11 Å². The van der Waals surface area contributed by atoms with Crippen LogP contribution in [0, 0.1) is 23.2 Å². The van der Waals surface area contributed by atoms with Crippen molar-refractivity contribution in [2.45, 2.75) is 38.5 Å². The van der Waals surface area contributed by atoms with Crippen LogP contribution >= 0.6 is 7.60 Å². The van der Waals surface area contributed by atoms with E-state index in [0.717, 1.165) is 17.8 Å². The van der Waals surface area contributed by atoms with Crippen LogP contribution in [0.15, 0.2) is 11.8 Å². The van der Waals surface area contributed by atoms with Crippen LogP contribution in [-0.4, -0.2) is 23.4 Å². The molecule has 4 saturated carbocycles. The monoisotopic (exact) mass is 302 g/mol. The van der Waals surface area contributed by atoms with Crippen molar-refractivity contribution >= 4 is 7.60 Å². The molecule has 4 bridgehead atoms. The first-order valence-corrected chi connectivity index (χ1v) is 9.10. The molecule has 4 aliphatic rings. The van der Waals surface area contributed by atoms with Crippen molar-refractivity contribution < 1.29 is 24.1 Å². The fourth-order valence-corrected chi connectivity index (χ4v) is 5.76. The predicted molar refractivity (Wildman–Crippen MR) is 74.1 cm³/mol. The fourth-order valence-electron chi connectivity index (χ4n) is 5.09. The van der Waals surface area contributed by atoms with Crippen LogP contribution in [0.1, 0.15) is 38.5 Å². The average Bonchev–Trinajstić information content (AvgIpc) is 2.35. The molecule has 0 radical (unpaired) electrons. The minimum Gasteiger partial charge on any atom is -0.501 e. The third-order valence-electron chi connectivity index (χ3n) is 5.30. The molecule has 0 aliphatic heterocycles. The third kappa shape index (κ3) is 2.82. The molecule has 20 heavy (non-hydrogen) atoms. The molecule has 0 aromatic heterocycles. The summed E-state index contributed by atoms with van der Waals surface area (Å²) in [5.74, 6) is 2.90. The molecule has 4 fully saturated rings. The number of allylic oxidation sites excluding steroid dienone is 2. The van der Waals surface area contributed by atoms with E-state index in [1.807, 2.05) is 0 Å². The van der Waals surface area contributed by atoms with Gasteiger partial charge in [0.2, 0.25) is 0 Å². The lowest BCUT2D eigenvalue weighted by Gasteiger charge is -2.56. The molecule has 1 atom stereocenters. The highest BCUT2D eigenvalue weighted by atomic mass is 31.2. The molecule has 4 aliphatic carbocycles. The minimum absolute atomic E-state index is 0.134. The van der Waals surface area contributed by atoms with Crippen molar-refractivity contribution in [3.63, 3.8) is 0 Å². The molecule has 6 heteroatoms. The highest BCUT2D eigenvalue weighted by Gasteiger charge is 2.50. The van der Waals surface area contributed by atoms with Crippen LogP contribution in [0.2, 0.25) is 0 Å². The first-order chi connectivity index (χ1) is 9.43. The standard InChI is InChI=1S/C14H23O5P/c1-18-13(9-20(16,17)19-15)8-14-5-10-2-11(6-14)4-12(3-10)7-14/h8,10-12,15H,2-7,9H2,1H3,(H,16,17)/b13-8+. The second-order valence-electron chi connectivity index (χ2n) is 6.97. The van der Waals surface area contributed by atoms with Gasteiger partial charge >= 0.3 is 7.60 Å². The van der Waals surface area contributed by atoms with E-state index < -0.39 is 7.60 Å². The van der Waals surface area contributed by atoms with E-state index in [4.69, 9.17) is 9.99 Å². The zero-order chi connectivity index (χ0) is 14.4. The normalized spacial score (nSPS) is 42.5. The summed E-state index contributed by atoms with van der Waals surface area (Å²) in [5.41, 5.74) is 0.134. The zero-order valence-corrected chi connectivity index (χ0v) is 12.7. The lowest BCUT2D eigenvalue weighted by molar-refractivity contribution is -0.145. The molecule has 2 N–H and O–H groups in total. The van der Waals surface area contributed by atoms with Crippen LogP contribution in [0.25, 0.3) is 0 Å². The molecule has 1 unspecified atom stereocenters. The fraction of sp³-hybridized carbons (Fsp3) is 0.857. The van der Waals surface area contributed by atoms with E-state index in [9.17, 15) is 9.46 Å². The highest BCUT2D eigenvalue weighted by molar-refractivity contribution is 7.52. The SMILES string of the molecule is CO/C(=C/C12CC3CC(CC(C3)C1)C2)CP(=O)(O)OO. The van der Waals surface area contributed by atoms with Crippen LogP contribution < -0.4 is 0 Å². The van der Waals surface area contributed by atoms with Gasteiger partial charge in [0.25, 0.3) is 0 Å². The van der Waals surface area contributed by atoms with Gasteiger partial charge in [0.15, 0.2) is 0 Å². The molecule has 114 valence electrons. The first-order valence-electron chi connectivity index (χ1n) is 7.34. The predicted octanol–water partition coefficient (Wildman–Crippen LogP) is 3.41. The molecule has 0 aromatic carbocycles. The van der Waals surface area contributed by atoms with E-state index in [0.29, 0.717) is 5.76 Å². The van der Waals surface area contributed by atoms with Gasteiger partial charge in [-0.25, -0.2) is 5.26 Å². The summed E-state index contributed by atoms with van der Waals surface area (Å²) in [6.45, 7) is 0. The molecular weight excluding hydrogens is 279 g/mol. The maximum Gasteiger partial charge on any atom is 0.362 e. The summed E-state index contributed by atoms with van der Waals surface area (Å²) >= 11 is 0. The number of methoxy groups -OCH3 is 1. The van der Waals surface area contributed by atoms with Gasteiger partial charge < -0.3 is 9.63 Å². The Hall–Kier alpha value is -0.350. The summed E-state index contributed by atoms with van der Waals surface area (Å²) in [6.07, 6.45) is 9.36. The van der Waals surface area contributed by atoms with Gasteiger partial charge in [-0.3, -0.25) is 4.57 Å². The van der Waals surface area contributed by atoms with E-state index in [1.54, 1.807) is 0 Å². The zero-order valence-electron chi connectivity index (χ0n) is 11.8. The van der Waals surface area contributed by atoms with Crippen molar-refractivity contribution in [1.82, 2.24) is 0 Å². The van der Waals surface area contributed by atoms with Gasteiger partial charge in [-0.1, -0.05) is 0 Å². The Labute approximate surface area is 119 Å². The van der Waals surface area contributed by atoms with Gasteiger partial charge in [0.1, 0.15) is 11.9 Å². The van der Waals surface area contributed by atoms with Crippen molar-refractivity contribution in [1.29, 1.82) is 0 Å². The van der Waals surface area contributed by atoms with Crippen molar-refractivity contribution in [3.05, 3.63) is 11.8 Å². The van der Waals surface area contributed by atoms with Crippen molar-refractivity contribution in [2.75, 3.05) is 13.3 Å². The molecule has 0 spiro atoms. The second kappa shape index (κ2) is 5.13. The Bertz CT molecular complexity index is 423. The molecule has 0 aromatic rings. The molecule has 0 amide bonds. The Morgan fingerprint density at radius 1 is 1.25 bits per heavy atom. The van der Waals surface area contributed by atoms with E-state index >= 15 is 0 Å². The highest BCUT2D eigenvalue weighted by Crippen LogP contribution is 2.61. The lowest BCUT2D eigenvalue weighted by Crippen LogP contribution is -2.45. The molecule has 0 saturated heterocycles. The summed E-state index contributed by atoms with van der Waals surface area (Å²) in [5, 5.41) is 8.47. The molecule has 0 heterocycles. The third-order valence-corrected chi connectivity index (χ3v) is 6.26. The largest absolute Gasteiger partial charge is 0.501 e. The van der Waals surface area contributed by atoms with E-state index in [-0.39, 0.29) is 11.6 Å². The smallest absolute Gasteiger partial charge is 0.362 e. The van der Waals surface area contributed by atoms with Gasteiger partial charge in [0, 0.05) is 0 Å². The minimum atomic E-state index is -3.99.